The van der Waals surface area contributed by atoms with Crippen molar-refractivity contribution in [1.29, 1.82) is 0 Å². The molecule has 0 heterocycles. The summed E-state index contributed by atoms with van der Waals surface area (Å²) < 4.78 is 26.3. The molecule has 29 heavy (non-hydrogen) atoms. The second-order valence-electron chi connectivity index (χ2n) is 7.52. The molecule has 150 valence electrons. The number of fused-ring (bicyclic) bond motifs is 1. The van der Waals surface area contributed by atoms with Gasteiger partial charge in [0.15, 0.2) is 0 Å². The van der Waals surface area contributed by atoms with Gasteiger partial charge in [0.2, 0.25) is 0 Å². The quantitative estimate of drug-likeness (QED) is 0.607. The third-order valence-corrected chi connectivity index (χ3v) is 5.91. The lowest BCUT2D eigenvalue weighted by Gasteiger charge is -2.22. The summed E-state index contributed by atoms with van der Waals surface area (Å²) >= 11 is 0. The van der Waals surface area contributed by atoms with Crippen molar-refractivity contribution in [2.24, 2.45) is 0 Å². The van der Waals surface area contributed by atoms with Crippen LogP contribution < -0.4 is 14.2 Å². The minimum atomic E-state index is -1.29. The smallest absolute Gasteiger partial charge is 0.140 e. The van der Waals surface area contributed by atoms with Crippen LogP contribution in [0.4, 0.5) is 0 Å². The Bertz CT molecular complexity index is 1050. The number of methoxy groups -OCH3 is 1. The van der Waals surface area contributed by atoms with Gasteiger partial charge in [0.1, 0.15) is 23.6 Å². The maximum atomic E-state index is 12.8. The van der Waals surface area contributed by atoms with Gasteiger partial charge in [0.05, 0.1) is 22.8 Å². The molecule has 0 spiro atoms. The summed E-state index contributed by atoms with van der Waals surface area (Å²) in [6, 6.07) is 20.9. The summed E-state index contributed by atoms with van der Waals surface area (Å²) in [5.41, 5.74) is 0.964. The Kier molecular flexibility index (Phi) is 6.58. The van der Waals surface area contributed by atoms with Gasteiger partial charge >= 0.3 is 0 Å². The fraction of sp³-hybridized carbons (Fsp3) is 0.250. The average molecular weight is 408 g/mol. The van der Waals surface area contributed by atoms with Crippen LogP contribution in [0.3, 0.4) is 0 Å². The van der Waals surface area contributed by atoms with Gasteiger partial charge in [-0.15, -0.1) is 0 Å². The van der Waals surface area contributed by atoms with E-state index in [2.05, 4.69) is 28.9 Å². The maximum Gasteiger partial charge on any atom is 0.140 e. The number of hydrogen-bond acceptors (Lipinski definition) is 3. The fourth-order valence-electron chi connectivity index (χ4n) is 2.75. The van der Waals surface area contributed by atoms with E-state index in [-0.39, 0.29) is 0 Å². The first-order chi connectivity index (χ1) is 13.9. The molecule has 0 saturated heterocycles. The predicted molar refractivity (Wildman–Crippen MR) is 119 cm³/mol. The minimum absolute atomic E-state index is 0.415. The highest BCUT2D eigenvalue weighted by Crippen LogP contribution is 2.25. The number of ether oxygens (including phenoxy) is 2. The summed E-state index contributed by atoms with van der Waals surface area (Å²) in [5, 5.41) is 2.17. The van der Waals surface area contributed by atoms with E-state index >= 15 is 0 Å². The van der Waals surface area contributed by atoms with Gasteiger partial charge in [0, 0.05) is 0 Å². The molecule has 3 aromatic carbocycles. The molecule has 0 fully saturated rings. The van der Waals surface area contributed by atoms with Crippen molar-refractivity contribution in [3.63, 3.8) is 0 Å². The lowest BCUT2D eigenvalue weighted by Crippen LogP contribution is -2.35. The van der Waals surface area contributed by atoms with Crippen LogP contribution in [0.5, 0.6) is 11.5 Å². The summed E-state index contributed by atoms with van der Waals surface area (Å²) in [7, 11) is 0.329. The Morgan fingerprint density at radius 1 is 0.931 bits per heavy atom. The van der Waals surface area contributed by atoms with Gasteiger partial charge in [-0.05, 0) is 67.3 Å². The molecule has 3 rings (SSSR count). The molecular formula is C24H25NO3S. The normalized spacial score (nSPS) is 13.2. The van der Waals surface area contributed by atoms with Crippen LogP contribution in [0.2, 0.25) is 0 Å². The minimum Gasteiger partial charge on any atom is -0.497 e. The second-order valence-corrected chi connectivity index (χ2v) is 9.52. The molecule has 0 aromatic heterocycles. The monoisotopic (exact) mass is 407 g/mol. The molecule has 1 N–H and O–H groups in total. The highest BCUT2D eigenvalue weighted by molar-refractivity contribution is 7.84. The van der Waals surface area contributed by atoms with Gasteiger partial charge in [-0.3, -0.25) is 0 Å². The van der Waals surface area contributed by atoms with Crippen LogP contribution in [0, 0.1) is 12.0 Å². The van der Waals surface area contributed by atoms with Gasteiger partial charge in [-0.1, -0.05) is 42.5 Å². The van der Waals surface area contributed by atoms with E-state index < -0.39 is 21.8 Å². The summed E-state index contributed by atoms with van der Waals surface area (Å²) in [6.07, 6.45) is 2.77. The molecule has 0 aliphatic heterocycles. The van der Waals surface area contributed by atoms with Crippen LogP contribution in [0.25, 0.3) is 10.8 Å². The zero-order valence-electron chi connectivity index (χ0n) is 17.1. The van der Waals surface area contributed by atoms with Gasteiger partial charge < -0.3 is 9.47 Å². The fourth-order valence-corrected chi connectivity index (χ4v) is 3.50. The molecule has 2 atom stereocenters. The molecule has 5 heteroatoms. The Morgan fingerprint density at radius 3 is 2.28 bits per heavy atom. The topological polar surface area (TPSA) is 47.6 Å². The molecule has 2 unspecified atom stereocenters. The Hall–Kier alpha value is -2.81. The van der Waals surface area contributed by atoms with E-state index in [0.29, 0.717) is 5.75 Å². The first kappa shape index (κ1) is 20.9. The van der Waals surface area contributed by atoms with Crippen molar-refractivity contribution >= 4 is 21.8 Å². The van der Waals surface area contributed by atoms with Gasteiger partial charge in [-0.25, -0.2) is 8.93 Å². The van der Waals surface area contributed by atoms with Crippen LogP contribution in [-0.4, -0.2) is 16.1 Å². The molecule has 0 aliphatic carbocycles. The summed E-state index contributed by atoms with van der Waals surface area (Å²) in [6.45, 7) is 5.78. The standard InChI is InChI=1S/C24H25NO3S/c1-24(2,3)29(26)25-23(16-17-28-20-14-12-19(27-4)13-15-20)22-11-7-9-18-8-5-6-10-21(18)22/h5-15,23,25H,1-4H3. The third kappa shape index (κ3) is 5.38. The molecule has 0 amide bonds. The maximum absolute atomic E-state index is 12.8. The molecule has 0 radical (unpaired) electrons. The van der Waals surface area contributed by atoms with Crippen LogP contribution in [0.1, 0.15) is 32.4 Å². The van der Waals surface area contributed by atoms with Crippen molar-refractivity contribution in [2.45, 2.75) is 31.6 Å². The number of nitrogens with one attached hydrogen (secondary N) is 1. The zero-order chi connectivity index (χ0) is 20.9. The molecular weight excluding hydrogens is 382 g/mol. The highest BCUT2D eigenvalue weighted by atomic mass is 32.2. The van der Waals surface area contributed by atoms with Crippen molar-refractivity contribution in [3.05, 3.63) is 72.3 Å². The predicted octanol–water partition coefficient (Wildman–Crippen LogP) is 4.98. The van der Waals surface area contributed by atoms with Gasteiger partial charge in [0.25, 0.3) is 0 Å². The zero-order valence-corrected chi connectivity index (χ0v) is 17.9. The lowest BCUT2D eigenvalue weighted by molar-refractivity contribution is 0.413. The Morgan fingerprint density at radius 2 is 1.59 bits per heavy atom. The second kappa shape index (κ2) is 9.13. The van der Waals surface area contributed by atoms with Crippen molar-refractivity contribution in [2.75, 3.05) is 7.11 Å². The highest BCUT2D eigenvalue weighted by Gasteiger charge is 2.23. The van der Waals surface area contributed by atoms with E-state index in [4.69, 9.17) is 9.47 Å². The first-order valence-corrected chi connectivity index (χ1v) is 10.5. The number of hydrogen-bond donors (Lipinski definition) is 1. The molecule has 3 aromatic rings. The van der Waals surface area contributed by atoms with Crippen LogP contribution in [0.15, 0.2) is 66.7 Å². The van der Waals surface area contributed by atoms with E-state index in [1.54, 1.807) is 19.2 Å². The average Bonchev–Trinajstić information content (AvgIpc) is 2.72. The summed E-state index contributed by atoms with van der Waals surface area (Å²) in [4.78, 5) is 0. The first-order valence-electron chi connectivity index (χ1n) is 9.35. The van der Waals surface area contributed by atoms with Crippen LogP contribution in [-0.2, 0) is 11.0 Å². The van der Waals surface area contributed by atoms with Crippen LogP contribution >= 0.6 is 0 Å². The number of rotatable bonds is 5. The van der Waals surface area contributed by atoms with Crippen molar-refractivity contribution in [1.82, 2.24) is 4.72 Å². The van der Waals surface area contributed by atoms with E-state index in [9.17, 15) is 4.21 Å². The lowest BCUT2D eigenvalue weighted by atomic mass is 10.00. The van der Waals surface area contributed by atoms with Gasteiger partial charge in [-0.2, -0.15) is 0 Å². The van der Waals surface area contributed by atoms with E-state index in [1.807, 2.05) is 63.2 Å². The summed E-state index contributed by atoms with van der Waals surface area (Å²) in [5.74, 6) is 4.47. The Labute approximate surface area is 174 Å². The largest absolute Gasteiger partial charge is 0.497 e. The molecule has 0 bridgehead atoms. The molecule has 0 aliphatic rings. The third-order valence-electron chi connectivity index (χ3n) is 4.35. The van der Waals surface area contributed by atoms with Crippen molar-refractivity contribution < 1.29 is 13.7 Å². The van der Waals surface area contributed by atoms with E-state index in [0.717, 1.165) is 22.1 Å². The van der Waals surface area contributed by atoms with E-state index in [1.165, 1.54) is 0 Å². The number of benzene rings is 3. The SMILES string of the molecule is COc1ccc(OC#CC(NS(=O)C(C)(C)C)c2cccc3ccccc23)cc1. The van der Waals surface area contributed by atoms with Crippen molar-refractivity contribution in [3.8, 4) is 23.5 Å². The molecule has 4 nitrogen and oxygen atoms in total. The molecule has 0 saturated carbocycles. The Balaban J connectivity index is 1.92.